The van der Waals surface area contributed by atoms with Crippen molar-refractivity contribution in [1.29, 1.82) is 0 Å². The van der Waals surface area contributed by atoms with Crippen LogP contribution in [0.1, 0.15) is 56.2 Å². The molecule has 2 rings (SSSR count). The van der Waals surface area contributed by atoms with Gasteiger partial charge in [-0.25, -0.2) is 0 Å². The Kier molecular flexibility index (Phi) is 5.75. The molecule has 23 heavy (non-hydrogen) atoms. The summed E-state index contributed by atoms with van der Waals surface area (Å²) in [6, 6.07) is 16.1. The van der Waals surface area contributed by atoms with Gasteiger partial charge in [-0.2, -0.15) is 0 Å². The van der Waals surface area contributed by atoms with E-state index in [9.17, 15) is 4.79 Å². The average Bonchev–Trinajstić information content (AvgIpc) is 2.53. The largest absolute Gasteiger partial charge is 0.322 e. The van der Waals surface area contributed by atoms with Crippen molar-refractivity contribution in [2.45, 2.75) is 39.5 Å². The van der Waals surface area contributed by atoms with Gasteiger partial charge in [0.25, 0.3) is 0 Å². The van der Waals surface area contributed by atoms with Gasteiger partial charge in [0, 0.05) is 11.8 Å². The van der Waals surface area contributed by atoms with Crippen LogP contribution >= 0.6 is 0 Å². The maximum atomic E-state index is 12.3. The minimum atomic E-state index is -0.0937. The van der Waals surface area contributed by atoms with Gasteiger partial charge in [0.2, 0.25) is 5.91 Å². The van der Waals surface area contributed by atoms with Crippen LogP contribution in [-0.2, 0) is 4.79 Å². The van der Waals surface area contributed by atoms with E-state index in [1.807, 2.05) is 36.4 Å². The summed E-state index contributed by atoms with van der Waals surface area (Å²) in [5.41, 5.74) is 4.33. The second-order valence-corrected chi connectivity index (χ2v) is 6.35. The summed E-state index contributed by atoms with van der Waals surface area (Å²) in [5, 5.41) is 3.09. The number of carbonyl (C=O) groups excluding carboxylic acids is 1. The molecular weight excluding hydrogens is 282 g/mol. The molecule has 0 aliphatic heterocycles. The van der Waals surface area contributed by atoms with E-state index in [2.05, 4.69) is 51.2 Å². The molecule has 0 radical (unpaired) electrons. The minimum absolute atomic E-state index is 0.0937. The molecule has 0 aliphatic carbocycles. The highest BCUT2D eigenvalue weighted by Crippen LogP contribution is 2.32. The van der Waals surface area contributed by atoms with Crippen LogP contribution in [0.4, 0.5) is 5.69 Å². The zero-order valence-corrected chi connectivity index (χ0v) is 14.3. The number of amides is 1. The molecule has 0 heterocycles. The predicted molar refractivity (Wildman–Crippen MR) is 98.7 cm³/mol. The van der Waals surface area contributed by atoms with E-state index in [-0.39, 0.29) is 5.91 Å². The van der Waals surface area contributed by atoms with E-state index in [1.54, 1.807) is 6.08 Å². The third-order valence-corrected chi connectivity index (χ3v) is 3.85. The summed E-state index contributed by atoms with van der Waals surface area (Å²) >= 11 is 0. The van der Waals surface area contributed by atoms with Gasteiger partial charge in [0.05, 0.1) is 0 Å². The van der Waals surface area contributed by atoms with E-state index in [4.69, 9.17) is 0 Å². The van der Waals surface area contributed by atoms with Crippen LogP contribution in [0.15, 0.2) is 54.6 Å². The van der Waals surface area contributed by atoms with Crippen molar-refractivity contribution in [3.63, 3.8) is 0 Å². The standard InChI is InChI=1S/C21H25NO/c1-15(2)18-11-8-12-19(16(3)4)21(18)22-20(23)14-13-17-9-6-5-7-10-17/h5-16H,1-4H3,(H,22,23)/b14-13-. The summed E-state index contributed by atoms with van der Waals surface area (Å²) in [6.45, 7) is 8.59. The van der Waals surface area contributed by atoms with E-state index < -0.39 is 0 Å². The molecule has 0 unspecified atom stereocenters. The molecule has 2 aromatic rings. The molecule has 2 nitrogen and oxygen atoms in total. The highest BCUT2D eigenvalue weighted by molar-refractivity contribution is 6.03. The number of hydrogen-bond acceptors (Lipinski definition) is 1. The van der Waals surface area contributed by atoms with Gasteiger partial charge in [0.15, 0.2) is 0 Å². The predicted octanol–water partition coefficient (Wildman–Crippen LogP) is 5.59. The Morgan fingerprint density at radius 2 is 1.43 bits per heavy atom. The molecule has 0 aromatic heterocycles. The van der Waals surface area contributed by atoms with Crippen LogP contribution in [0.3, 0.4) is 0 Å². The first kappa shape index (κ1) is 17.0. The minimum Gasteiger partial charge on any atom is -0.322 e. The normalized spacial score (nSPS) is 11.4. The summed E-state index contributed by atoms with van der Waals surface area (Å²) in [7, 11) is 0. The summed E-state index contributed by atoms with van der Waals surface area (Å²) in [4.78, 5) is 12.3. The molecule has 1 N–H and O–H groups in total. The van der Waals surface area contributed by atoms with Crippen LogP contribution in [0.5, 0.6) is 0 Å². The Bertz CT molecular complexity index is 658. The number of para-hydroxylation sites is 1. The van der Waals surface area contributed by atoms with Crippen molar-refractivity contribution in [3.8, 4) is 0 Å². The Balaban J connectivity index is 2.24. The molecule has 0 saturated carbocycles. The summed E-state index contributed by atoms with van der Waals surface area (Å²) < 4.78 is 0. The molecule has 0 bridgehead atoms. The number of carbonyl (C=O) groups is 1. The average molecular weight is 307 g/mol. The monoisotopic (exact) mass is 307 g/mol. The quantitative estimate of drug-likeness (QED) is 0.717. The molecule has 120 valence electrons. The molecule has 0 saturated heterocycles. The third-order valence-electron chi connectivity index (χ3n) is 3.85. The van der Waals surface area contributed by atoms with Gasteiger partial charge in [-0.1, -0.05) is 76.2 Å². The van der Waals surface area contributed by atoms with Crippen molar-refractivity contribution >= 4 is 17.7 Å². The summed E-state index contributed by atoms with van der Waals surface area (Å²) in [5.74, 6) is 0.632. The van der Waals surface area contributed by atoms with Crippen LogP contribution in [0, 0.1) is 0 Å². The lowest BCUT2D eigenvalue weighted by atomic mass is 9.92. The first-order valence-electron chi connectivity index (χ1n) is 8.16. The zero-order chi connectivity index (χ0) is 16.8. The van der Waals surface area contributed by atoms with E-state index >= 15 is 0 Å². The molecule has 0 atom stereocenters. The Morgan fingerprint density at radius 1 is 0.870 bits per heavy atom. The summed E-state index contributed by atoms with van der Waals surface area (Å²) in [6.07, 6.45) is 3.43. The second-order valence-electron chi connectivity index (χ2n) is 6.35. The SMILES string of the molecule is CC(C)c1cccc(C(C)C)c1NC(=O)/C=C\c1ccccc1. The van der Waals surface area contributed by atoms with Crippen molar-refractivity contribution in [3.05, 3.63) is 71.3 Å². The first-order chi connectivity index (χ1) is 11.0. The fraction of sp³-hybridized carbons (Fsp3) is 0.286. The Labute approximate surface area is 139 Å². The highest BCUT2D eigenvalue weighted by atomic mass is 16.1. The smallest absolute Gasteiger partial charge is 0.248 e. The number of anilines is 1. The van der Waals surface area contributed by atoms with Gasteiger partial charge >= 0.3 is 0 Å². The van der Waals surface area contributed by atoms with Crippen LogP contribution in [0.25, 0.3) is 6.08 Å². The molecule has 0 fully saturated rings. The maximum Gasteiger partial charge on any atom is 0.248 e. The molecule has 2 heteroatoms. The molecular formula is C21H25NO. The first-order valence-corrected chi connectivity index (χ1v) is 8.16. The number of hydrogen-bond donors (Lipinski definition) is 1. The maximum absolute atomic E-state index is 12.3. The van der Waals surface area contributed by atoms with E-state index in [1.165, 1.54) is 11.1 Å². The molecule has 2 aromatic carbocycles. The van der Waals surface area contributed by atoms with Gasteiger partial charge in [-0.3, -0.25) is 4.79 Å². The fourth-order valence-electron chi connectivity index (χ4n) is 2.60. The van der Waals surface area contributed by atoms with Crippen LogP contribution in [-0.4, -0.2) is 5.91 Å². The van der Waals surface area contributed by atoms with Crippen molar-refractivity contribution in [2.24, 2.45) is 0 Å². The fourth-order valence-corrected chi connectivity index (χ4v) is 2.60. The van der Waals surface area contributed by atoms with E-state index in [0.29, 0.717) is 11.8 Å². The van der Waals surface area contributed by atoms with Crippen molar-refractivity contribution in [2.75, 3.05) is 5.32 Å². The molecule has 0 aliphatic rings. The number of rotatable bonds is 5. The number of benzene rings is 2. The lowest BCUT2D eigenvalue weighted by molar-refractivity contribution is -0.111. The van der Waals surface area contributed by atoms with Crippen LogP contribution in [0.2, 0.25) is 0 Å². The van der Waals surface area contributed by atoms with Gasteiger partial charge in [-0.15, -0.1) is 0 Å². The van der Waals surface area contributed by atoms with Crippen LogP contribution < -0.4 is 5.32 Å². The van der Waals surface area contributed by atoms with Crippen molar-refractivity contribution in [1.82, 2.24) is 0 Å². The topological polar surface area (TPSA) is 29.1 Å². The van der Waals surface area contributed by atoms with E-state index in [0.717, 1.165) is 11.3 Å². The second kappa shape index (κ2) is 7.77. The molecule has 1 amide bonds. The number of nitrogens with one attached hydrogen (secondary N) is 1. The lowest BCUT2D eigenvalue weighted by Crippen LogP contribution is -2.13. The van der Waals surface area contributed by atoms with Gasteiger partial charge < -0.3 is 5.32 Å². The van der Waals surface area contributed by atoms with Gasteiger partial charge in [0.1, 0.15) is 0 Å². The third kappa shape index (κ3) is 4.56. The lowest BCUT2D eigenvalue weighted by Gasteiger charge is -2.19. The van der Waals surface area contributed by atoms with Crippen molar-refractivity contribution < 1.29 is 4.79 Å². The van der Waals surface area contributed by atoms with Gasteiger partial charge in [-0.05, 0) is 34.6 Å². The highest BCUT2D eigenvalue weighted by Gasteiger charge is 2.14. The molecule has 0 spiro atoms. The Hall–Kier alpha value is -2.35. The Morgan fingerprint density at radius 3 is 1.96 bits per heavy atom. The zero-order valence-electron chi connectivity index (χ0n) is 14.3.